The van der Waals surface area contributed by atoms with Gasteiger partial charge < -0.3 is 9.94 Å². The van der Waals surface area contributed by atoms with Crippen molar-refractivity contribution in [1.29, 1.82) is 0 Å². The van der Waals surface area contributed by atoms with Gasteiger partial charge >= 0.3 is 0 Å². The molecule has 0 spiro atoms. The van der Waals surface area contributed by atoms with Crippen molar-refractivity contribution in [3.63, 3.8) is 0 Å². The average Bonchev–Trinajstić information content (AvgIpc) is 1.87. The van der Waals surface area contributed by atoms with Crippen LogP contribution in [0.2, 0.25) is 0 Å². The quantitative estimate of drug-likeness (QED) is 0.379. The fourth-order valence-electron chi connectivity index (χ4n) is 0.933. The van der Waals surface area contributed by atoms with Gasteiger partial charge in [-0.25, -0.2) is 0 Å². The standard InChI is InChI=1S/C8H17NO2/c1-4-11-8(2,3)6-5-7-9-10/h7,10H,4-6H2,1-3H3. The highest BCUT2D eigenvalue weighted by atomic mass is 16.5. The Morgan fingerprint density at radius 3 is 2.64 bits per heavy atom. The van der Waals surface area contributed by atoms with E-state index in [1.165, 1.54) is 6.21 Å². The van der Waals surface area contributed by atoms with Gasteiger partial charge in [0.05, 0.1) is 5.60 Å². The molecule has 0 aliphatic heterocycles. The molecule has 11 heavy (non-hydrogen) atoms. The van der Waals surface area contributed by atoms with Gasteiger partial charge in [-0.2, -0.15) is 0 Å². The van der Waals surface area contributed by atoms with Crippen LogP contribution in [0.1, 0.15) is 33.6 Å². The van der Waals surface area contributed by atoms with Crippen LogP contribution in [0.4, 0.5) is 0 Å². The lowest BCUT2D eigenvalue weighted by atomic mass is 10.0. The summed E-state index contributed by atoms with van der Waals surface area (Å²) in [6, 6.07) is 0. The minimum atomic E-state index is -0.101. The van der Waals surface area contributed by atoms with Gasteiger partial charge in [0, 0.05) is 12.8 Å². The van der Waals surface area contributed by atoms with Crippen LogP contribution in [0.5, 0.6) is 0 Å². The Labute approximate surface area is 68.1 Å². The maximum absolute atomic E-state index is 8.12. The molecule has 3 nitrogen and oxygen atoms in total. The van der Waals surface area contributed by atoms with Crippen molar-refractivity contribution >= 4 is 6.21 Å². The van der Waals surface area contributed by atoms with E-state index in [2.05, 4.69) is 5.16 Å². The zero-order valence-electron chi connectivity index (χ0n) is 7.50. The van der Waals surface area contributed by atoms with Crippen molar-refractivity contribution < 1.29 is 9.94 Å². The normalized spacial score (nSPS) is 12.6. The molecule has 0 fully saturated rings. The van der Waals surface area contributed by atoms with E-state index < -0.39 is 0 Å². The van der Waals surface area contributed by atoms with E-state index in [1.54, 1.807) is 0 Å². The third kappa shape index (κ3) is 5.85. The maximum atomic E-state index is 8.12. The van der Waals surface area contributed by atoms with E-state index in [0.29, 0.717) is 0 Å². The second kappa shape index (κ2) is 5.13. The number of nitrogens with zero attached hydrogens (tertiary/aromatic N) is 1. The summed E-state index contributed by atoms with van der Waals surface area (Å²) in [7, 11) is 0. The summed E-state index contributed by atoms with van der Waals surface area (Å²) in [6.07, 6.45) is 3.12. The highest BCUT2D eigenvalue weighted by Gasteiger charge is 2.15. The van der Waals surface area contributed by atoms with Gasteiger partial charge in [0.2, 0.25) is 0 Å². The predicted molar refractivity (Wildman–Crippen MR) is 45.2 cm³/mol. The van der Waals surface area contributed by atoms with Gasteiger partial charge in [-0.1, -0.05) is 0 Å². The SMILES string of the molecule is CCOC(C)(C)CCC=NO. The van der Waals surface area contributed by atoms with Crippen LogP contribution >= 0.6 is 0 Å². The second-order valence-electron chi connectivity index (χ2n) is 3.03. The molecule has 0 unspecified atom stereocenters. The van der Waals surface area contributed by atoms with Crippen molar-refractivity contribution in [3.05, 3.63) is 0 Å². The van der Waals surface area contributed by atoms with Gasteiger partial charge in [0.1, 0.15) is 0 Å². The lowest BCUT2D eigenvalue weighted by molar-refractivity contribution is -0.0144. The maximum Gasteiger partial charge on any atom is 0.0629 e. The monoisotopic (exact) mass is 159 g/mol. The van der Waals surface area contributed by atoms with Gasteiger partial charge in [-0.15, -0.1) is 5.16 Å². The number of hydrogen-bond acceptors (Lipinski definition) is 3. The predicted octanol–water partition coefficient (Wildman–Crippen LogP) is 2.04. The molecule has 66 valence electrons. The number of oxime groups is 1. The Balaban J connectivity index is 3.54. The van der Waals surface area contributed by atoms with Crippen LogP contribution in [0, 0.1) is 0 Å². The molecular weight excluding hydrogens is 142 g/mol. The summed E-state index contributed by atoms with van der Waals surface area (Å²) < 4.78 is 5.43. The van der Waals surface area contributed by atoms with E-state index in [9.17, 15) is 0 Å². The number of ether oxygens (including phenoxy) is 1. The zero-order valence-corrected chi connectivity index (χ0v) is 7.50. The van der Waals surface area contributed by atoms with Gasteiger partial charge in [-0.05, 0) is 33.6 Å². The molecule has 0 aromatic rings. The smallest absolute Gasteiger partial charge is 0.0629 e. The van der Waals surface area contributed by atoms with Crippen molar-refractivity contribution in [2.24, 2.45) is 5.16 Å². The first-order valence-electron chi connectivity index (χ1n) is 3.92. The molecule has 0 saturated heterocycles. The van der Waals surface area contributed by atoms with Crippen molar-refractivity contribution in [2.75, 3.05) is 6.61 Å². The first-order chi connectivity index (χ1) is 5.12. The van der Waals surface area contributed by atoms with Crippen molar-refractivity contribution in [3.8, 4) is 0 Å². The van der Waals surface area contributed by atoms with Crippen LogP contribution < -0.4 is 0 Å². The molecule has 0 aliphatic rings. The van der Waals surface area contributed by atoms with Gasteiger partial charge in [-0.3, -0.25) is 0 Å². The molecule has 0 bridgehead atoms. The van der Waals surface area contributed by atoms with E-state index in [0.717, 1.165) is 19.4 Å². The largest absolute Gasteiger partial charge is 0.411 e. The fourth-order valence-corrected chi connectivity index (χ4v) is 0.933. The number of hydrogen-bond donors (Lipinski definition) is 1. The summed E-state index contributed by atoms with van der Waals surface area (Å²) in [5, 5.41) is 11.0. The highest BCUT2D eigenvalue weighted by Crippen LogP contribution is 2.15. The van der Waals surface area contributed by atoms with E-state index in [1.807, 2.05) is 20.8 Å². The third-order valence-electron chi connectivity index (χ3n) is 1.49. The molecule has 1 N–H and O–H groups in total. The first-order valence-corrected chi connectivity index (χ1v) is 3.92. The third-order valence-corrected chi connectivity index (χ3v) is 1.49. The van der Waals surface area contributed by atoms with E-state index >= 15 is 0 Å². The zero-order chi connectivity index (χ0) is 8.74. The summed E-state index contributed by atoms with van der Waals surface area (Å²) >= 11 is 0. The Morgan fingerprint density at radius 2 is 2.18 bits per heavy atom. The molecular formula is C8H17NO2. The van der Waals surface area contributed by atoms with E-state index in [-0.39, 0.29) is 5.60 Å². The lowest BCUT2D eigenvalue weighted by Crippen LogP contribution is -2.24. The Kier molecular flexibility index (Phi) is 4.86. The Hall–Kier alpha value is -0.570. The fraction of sp³-hybridized carbons (Fsp3) is 0.875. The molecule has 3 heteroatoms. The Bertz CT molecular complexity index is 121. The topological polar surface area (TPSA) is 41.8 Å². The molecule has 0 saturated carbocycles. The number of rotatable bonds is 5. The van der Waals surface area contributed by atoms with Crippen LogP contribution in [0.3, 0.4) is 0 Å². The first kappa shape index (κ1) is 10.4. The summed E-state index contributed by atoms with van der Waals surface area (Å²) in [6.45, 7) is 6.76. The van der Waals surface area contributed by atoms with Crippen molar-refractivity contribution in [2.45, 2.75) is 39.2 Å². The minimum absolute atomic E-state index is 0.101. The van der Waals surface area contributed by atoms with Crippen LogP contribution in [0.15, 0.2) is 5.16 Å². The molecule has 0 atom stereocenters. The highest BCUT2D eigenvalue weighted by molar-refractivity contribution is 5.56. The minimum Gasteiger partial charge on any atom is -0.411 e. The molecule has 0 radical (unpaired) electrons. The Morgan fingerprint density at radius 1 is 1.55 bits per heavy atom. The van der Waals surface area contributed by atoms with Gasteiger partial charge in [0.15, 0.2) is 0 Å². The second-order valence-corrected chi connectivity index (χ2v) is 3.03. The van der Waals surface area contributed by atoms with Crippen LogP contribution in [0.25, 0.3) is 0 Å². The molecule has 0 aliphatic carbocycles. The van der Waals surface area contributed by atoms with Crippen LogP contribution in [-0.4, -0.2) is 23.6 Å². The molecule has 0 heterocycles. The van der Waals surface area contributed by atoms with Crippen molar-refractivity contribution in [1.82, 2.24) is 0 Å². The summed E-state index contributed by atoms with van der Waals surface area (Å²) in [5.41, 5.74) is -0.101. The molecule has 0 rings (SSSR count). The van der Waals surface area contributed by atoms with Gasteiger partial charge in [0.25, 0.3) is 0 Å². The molecule has 0 aromatic heterocycles. The van der Waals surface area contributed by atoms with Crippen LogP contribution in [-0.2, 0) is 4.74 Å². The summed E-state index contributed by atoms with van der Waals surface area (Å²) in [4.78, 5) is 0. The summed E-state index contributed by atoms with van der Waals surface area (Å²) in [5.74, 6) is 0. The average molecular weight is 159 g/mol. The lowest BCUT2D eigenvalue weighted by Gasteiger charge is -2.23. The van der Waals surface area contributed by atoms with E-state index in [4.69, 9.17) is 9.94 Å². The molecule has 0 aromatic carbocycles. The molecule has 0 amide bonds.